The van der Waals surface area contributed by atoms with E-state index in [1.165, 1.54) is 16.0 Å². The van der Waals surface area contributed by atoms with Crippen LogP contribution in [-0.4, -0.2) is 25.3 Å². The predicted molar refractivity (Wildman–Crippen MR) is 130 cm³/mol. The van der Waals surface area contributed by atoms with E-state index in [4.69, 9.17) is 10.1 Å². The van der Waals surface area contributed by atoms with Gasteiger partial charge in [-0.15, -0.1) is 0 Å². The number of para-hydroxylation sites is 2. The van der Waals surface area contributed by atoms with Gasteiger partial charge in [-0.05, 0) is 47.5 Å². The maximum atomic E-state index is 8.61. The molecule has 0 unspecified atom stereocenters. The first-order valence-electron chi connectivity index (χ1n) is 10.4. The number of fused-ring (bicyclic) bond motifs is 5. The summed E-state index contributed by atoms with van der Waals surface area (Å²) in [6.07, 6.45) is 3.28. The highest BCUT2D eigenvalue weighted by Gasteiger charge is 2.14. The minimum atomic E-state index is 0.277. The topological polar surface area (TPSA) is 80.6 Å². The van der Waals surface area contributed by atoms with Gasteiger partial charge >= 0.3 is 0 Å². The van der Waals surface area contributed by atoms with Crippen LogP contribution in [0.5, 0.6) is 5.75 Å². The SMILES string of the molecule is N=c1c2sc3nc4ccccc4n3c2ncn1/N=C\c1ccc(OCc2ccccc2)cc1. The fraction of sp³-hybridized carbons (Fsp3) is 0.0400. The number of aromatic nitrogens is 4. The summed E-state index contributed by atoms with van der Waals surface area (Å²) in [5.74, 6) is 0.794. The Morgan fingerprint density at radius 1 is 0.970 bits per heavy atom. The van der Waals surface area contributed by atoms with Crippen molar-refractivity contribution in [3.63, 3.8) is 0 Å². The minimum absolute atomic E-state index is 0.277. The summed E-state index contributed by atoms with van der Waals surface area (Å²) in [5, 5.41) is 13.1. The van der Waals surface area contributed by atoms with Crippen molar-refractivity contribution in [2.75, 3.05) is 0 Å². The molecule has 0 amide bonds. The van der Waals surface area contributed by atoms with Gasteiger partial charge in [-0.25, -0.2) is 14.6 Å². The third-order valence-electron chi connectivity index (χ3n) is 5.33. The summed E-state index contributed by atoms with van der Waals surface area (Å²) in [4.78, 5) is 10.1. The number of imidazole rings is 1. The zero-order valence-corrected chi connectivity index (χ0v) is 18.2. The van der Waals surface area contributed by atoms with Crippen molar-refractivity contribution < 1.29 is 4.74 Å². The van der Waals surface area contributed by atoms with Crippen LogP contribution in [0.3, 0.4) is 0 Å². The van der Waals surface area contributed by atoms with Crippen LogP contribution in [0.15, 0.2) is 90.3 Å². The average molecular weight is 451 g/mol. The van der Waals surface area contributed by atoms with Crippen LogP contribution < -0.4 is 10.2 Å². The number of ether oxygens (including phenoxy) is 1. The molecule has 0 aliphatic rings. The van der Waals surface area contributed by atoms with Crippen molar-refractivity contribution in [1.29, 1.82) is 5.41 Å². The molecular formula is C25H18N6OS. The minimum Gasteiger partial charge on any atom is -0.489 e. The molecule has 3 heterocycles. The monoisotopic (exact) mass is 450 g/mol. The molecule has 0 aliphatic carbocycles. The molecule has 0 saturated carbocycles. The summed E-state index contributed by atoms with van der Waals surface area (Å²) >= 11 is 1.45. The lowest BCUT2D eigenvalue weighted by atomic mass is 10.2. The highest BCUT2D eigenvalue weighted by Crippen LogP contribution is 2.26. The quantitative estimate of drug-likeness (QED) is 0.382. The molecule has 0 radical (unpaired) electrons. The summed E-state index contributed by atoms with van der Waals surface area (Å²) < 4.78 is 10.0. The Hall–Kier alpha value is -4.30. The third kappa shape index (κ3) is 3.56. The number of benzene rings is 3. The molecule has 7 nitrogen and oxygen atoms in total. The van der Waals surface area contributed by atoms with E-state index in [2.05, 4.69) is 15.1 Å². The Labute approximate surface area is 192 Å². The molecule has 160 valence electrons. The number of nitrogens with one attached hydrogen (secondary N) is 1. The molecule has 0 aliphatic heterocycles. The van der Waals surface area contributed by atoms with Crippen molar-refractivity contribution in [3.05, 3.63) is 102 Å². The molecule has 3 aromatic carbocycles. The highest BCUT2D eigenvalue weighted by molar-refractivity contribution is 7.23. The van der Waals surface area contributed by atoms with Crippen LogP contribution in [0, 0.1) is 5.41 Å². The second-order valence-corrected chi connectivity index (χ2v) is 8.48. The molecule has 0 saturated heterocycles. The second kappa shape index (κ2) is 7.99. The van der Waals surface area contributed by atoms with Crippen LogP contribution in [0.4, 0.5) is 0 Å². The van der Waals surface area contributed by atoms with E-state index in [1.807, 2.05) is 83.3 Å². The number of hydrogen-bond acceptors (Lipinski definition) is 6. The van der Waals surface area contributed by atoms with Crippen molar-refractivity contribution >= 4 is 43.9 Å². The zero-order valence-electron chi connectivity index (χ0n) is 17.4. The fourth-order valence-corrected chi connectivity index (χ4v) is 4.69. The Bertz CT molecular complexity index is 1680. The van der Waals surface area contributed by atoms with Crippen LogP contribution >= 0.6 is 11.3 Å². The Balaban J connectivity index is 1.25. The van der Waals surface area contributed by atoms with Gasteiger partial charge in [-0.3, -0.25) is 9.81 Å². The molecule has 0 spiro atoms. The van der Waals surface area contributed by atoms with E-state index in [1.54, 1.807) is 12.5 Å². The van der Waals surface area contributed by atoms with Gasteiger partial charge in [0.1, 0.15) is 23.4 Å². The molecule has 6 aromatic rings. The van der Waals surface area contributed by atoms with Crippen molar-refractivity contribution in [2.24, 2.45) is 5.10 Å². The lowest BCUT2D eigenvalue weighted by Crippen LogP contribution is -2.16. The van der Waals surface area contributed by atoms with Crippen LogP contribution in [0.2, 0.25) is 0 Å². The van der Waals surface area contributed by atoms with Crippen LogP contribution in [0.25, 0.3) is 26.3 Å². The van der Waals surface area contributed by atoms with Gasteiger partial charge in [0.05, 0.1) is 17.2 Å². The molecule has 0 bridgehead atoms. The number of rotatable bonds is 5. The zero-order chi connectivity index (χ0) is 22.2. The largest absolute Gasteiger partial charge is 0.489 e. The first-order valence-corrected chi connectivity index (χ1v) is 11.2. The standard InChI is InChI=1S/C25H18N6OS/c26-23-22-24(31-21-9-5-4-8-20(21)29-25(31)33-22)27-16-30(23)28-14-17-10-12-19(13-11-17)32-15-18-6-2-1-3-7-18/h1-14,16,26H,15H2/b26-23?,28-14-. The van der Waals surface area contributed by atoms with E-state index < -0.39 is 0 Å². The molecule has 8 heteroatoms. The maximum Gasteiger partial charge on any atom is 0.197 e. The Morgan fingerprint density at radius 2 is 1.76 bits per heavy atom. The van der Waals surface area contributed by atoms with Gasteiger partial charge in [0.15, 0.2) is 16.1 Å². The fourth-order valence-electron chi connectivity index (χ4n) is 3.66. The molecule has 3 aromatic heterocycles. The summed E-state index contributed by atoms with van der Waals surface area (Å²) in [6.45, 7) is 0.525. The Kier molecular flexibility index (Phi) is 4.70. The van der Waals surface area contributed by atoms with E-state index in [-0.39, 0.29) is 5.49 Å². The molecule has 1 N–H and O–H groups in total. The van der Waals surface area contributed by atoms with Crippen molar-refractivity contribution in [1.82, 2.24) is 19.0 Å². The molecule has 0 atom stereocenters. The average Bonchev–Trinajstić information content (AvgIpc) is 3.40. The molecule has 0 fully saturated rings. The van der Waals surface area contributed by atoms with E-state index in [0.717, 1.165) is 43.2 Å². The lowest BCUT2D eigenvalue weighted by molar-refractivity contribution is 0.306. The van der Waals surface area contributed by atoms with Crippen molar-refractivity contribution in [2.45, 2.75) is 6.61 Å². The predicted octanol–water partition coefficient (Wildman–Crippen LogP) is 4.84. The van der Waals surface area contributed by atoms with Gasteiger partial charge < -0.3 is 4.74 Å². The van der Waals surface area contributed by atoms with Crippen molar-refractivity contribution in [3.8, 4) is 5.75 Å². The first-order chi connectivity index (χ1) is 16.3. The summed E-state index contributed by atoms with van der Waals surface area (Å²) in [7, 11) is 0. The number of nitrogens with zero attached hydrogens (tertiary/aromatic N) is 5. The van der Waals surface area contributed by atoms with Crippen LogP contribution in [0.1, 0.15) is 11.1 Å². The maximum absolute atomic E-state index is 8.61. The van der Waals surface area contributed by atoms with Gasteiger partial charge in [-0.1, -0.05) is 53.8 Å². The van der Waals surface area contributed by atoms with Gasteiger partial charge in [0, 0.05) is 0 Å². The summed E-state index contributed by atoms with van der Waals surface area (Å²) in [6, 6.07) is 25.7. The third-order valence-corrected chi connectivity index (χ3v) is 6.37. The normalized spacial score (nSPS) is 11.8. The second-order valence-electron chi connectivity index (χ2n) is 7.50. The number of thiazole rings is 1. The van der Waals surface area contributed by atoms with Gasteiger partial charge in [0.2, 0.25) is 0 Å². The van der Waals surface area contributed by atoms with E-state index in [9.17, 15) is 0 Å². The number of hydrogen-bond donors (Lipinski definition) is 1. The Morgan fingerprint density at radius 3 is 2.61 bits per heavy atom. The molecular weight excluding hydrogens is 432 g/mol. The molecule has 6 rings (SSSR count). The van der Waals surface area contributed by atoms with Crippen LogP contribution in [-0.2, 0) is 6.61 Å². The van der Waals surface area contributed by atoms with E-state index >= 15 is 0 Å². The smallest absolute Gasteiger partial charge is 0.197 e. The highest BCUT2D eigenvalue weighted by atomic mass is 32.1. The van der Waals surface area contributed by atoms with E-state index in [0.29, 0.717) is 6.61 Å². The van der Waals surface area contributed by atoms with Gasteiger partial charge in [-0.2, -0.15) is 5.10 Å². The summed E-state index contributed by atoms with van der Waals surface area (Å²) in [5.41, 5.74) is 4.94. The first kappa shape index (κ1) is 19.4. The molecule has 33 heavy (non-hydrogen) atoms. The lowest BCUT2D eigenvalue weighted by Gasteiger charge is -2.06. The van der Waals surface area contributed by atoms with Gasteiger partial charge in [0.25, 0.3) is 0 Å².